The molecule has 0 aromatic heterocycles. The molecule has 1 atom stereocenters. The number of rotatable bonds is 5. The van der Waals surface area contributed by atoms with Gasteiger partial charge in [0.25, 0.3) is 0 Å². The SMILES string of the molecule is C[C@H](N)CCCc1cc(SC(F)(F)F)cc(C(C)(C)C)c1. The molecule has 0 aliphatic carbocycles. The number of alkyl halides is 3. The van der Waals surface area contributed by atoms with Crippen molar-refractivity contribution >= 4 is 11.8 Å². The summed E-state index contributed by atoms with van der Waals surface area (Å²) in [5.41, 5.74) is 3.19. The number of hydrogen-bond acceptors (Lipinski definition) is 2. The zero-order chi connectivity index (χ0) is 16.3. The predicted octanol–water partition coefficient (Wildman–Crippen LogP) is 5.27. The molecule has 120 valence electrons. The molecule has 0 amide bonds. The molecule has 0 spiro atoms. The predicted molar refractivity (Wildman–Crippen MR) is 83.6 cm³/mol. The van der Waals surface area contributed by atoms with Crippen molar-refractivity contribution in [3.8, 4) is 0 Å². The van der Waals surface area contributed by atoms with E-state index in [0.29, 0.717) is 0 Å². The van der Waals surface area contributed by atoms with E-state index in [4.69, 9.17) is 5.73 Å². The summed E-state index contributed by atoms with van der Waals surface area (Å²) in [4.78, 5) is 0.269. The van der Waals surface area contributed by atoms with Gasteiger partial charge in [0.2, 0.25) is 0 Å². The summed E-state index contributed by atoms with van der Waals surface area (Å²) >= 11 is -0.0397. The lowest BCUT2D eigenvalue weighted by molar-refractivity contribution is -0.0328. The van der Waals surface area contributed by atoms with E-state index in [0.717, 1.165) is 30.4 Å². The van der Waals surface area contributed by atoms with Crippen LogP contribution in [0.3, 0.4) is 0 Å². The Labute approximate surface area is 129 Å². The highest BCUT2D eigenvalue weighted by atomic mass is 32.2. The van der Waals surface area contributed by atoms with Crippen molar-refractivity contribution < 1.29 is 13.2 Å². The number of hydrogen-bond donors (Lipinski definition) is 1. The molecule has 0 aliphatic rings. The fourth-order valence-corrected chi connectivity index (χ4v) is 2.72. The number of nitrogens with two attached hydrogens (primary N) is 1. The number of thioether (sulfide) groups is 1. The van der Waals surface area contributed by atoms with Gasteiger partial charge in [0.1, 0.15) is 0 Å². The van der Waals surface area contributed by atoms with Crippen LogP contribution in [0.4, 0.5) is 13.2 Å². The first-order chi connectivity index (χ1) is 9.47. The number of halogens is 3. The third kappa shape index (κ3) is 7.23. The van der Waals surface area contributed by atoms with E-state index in [2.05, 4.69) is 0 Å². The molecule has 2 N–H and O–H groups in total. The monoisotopic (exact) mass is 319 g/mol. The van der Waals surface area contributed by atoms with Crippen LogP contribution in [0.2, 0.25) is 0 Å². The van der Waals surface area contributed by atoms with Crippen LogP contribution in [0.15, 0.2) is 23.1 Å². The van der Waals surface area contributed by atoms with Crippen LogP contribution in [-0.2, 0) is 11.8 Å². The van der Waals surface area contributed by atoms with Crippen LogP contribution >= 0.6 is 11.8 Å². The van der Waals surface area contributed by atoms with Gasteiger partial charge in [0.05, 0.1) is 0 Å². The Hall–Kier alpha value is -0.680. The second-order valence-corrected chi connectivity index (χ2v) is 7.67. The first kappa shape index (κ1) is 18.4. The van der Waals surface area contributed by atoms with Crippen molar-refractivity contribution in [3.63, 3.8) is 0 Å². The molecule has 0 saturated heterocycles. The standard InChI is InChI=1S/C16H24F3NS/c1-11(20)6-5-7-12-8-13(15(2,3)4)10-14(9-12)21-16(17,18)19/h8-11H,5-7,20H2,1-4H3/t11-/m0/s1. The van der Waals surface area contributed by atoms with Gasteiger partial charge in [0.15, 0.2) is 0 Å². The minimum Gasteiger partial charge on any atom is -0.328 e. The molecule has 21 heavy (non-hydrogen) atoms. The average Bonchev–Trinajstić information content (AvgIpc) is 2.24. The van der Waals surface area contributed by atoms with Crippen molar-refractivity contribution in [1.29, 1.82) is 0 Å². The highest BCUT2D eigenvalue weighted by Gasteiger charge is 2.30. The Morgan fingerprint density at radius 2 is 1.76 bits per heavy atom. The molecule has 0 heterocycles. The summed E-state index contributed by atoms with van der Waals surface area (Å²) in [7, 11) is 0. The maximum absolute atomic E-state index is 12.6. The minimum absolute atomic E-state index is 0.0397. The lowest BCUT2D eigenvalue weighted by Gasteiger charge is -2.21. The Balaban J connectivity index is 2.98. The van der Waals surface area contributed by atoms with E-state index >= 15 is 0 Å². The molecule has 1 aromatic rings. The molecule has 0 unspecified atom stereocenters. The molecule has 0 saturated carbocycles. The Kier molecular flexibility index (Phi) is 6.17. The van der Waals surface area contributed by atoms with E-state index in [1.165, 1.54) is 0 Å². The van der Waals surface area contributed by atoms with Crippen LogP contribution in [0.25, 0.3) is 0 Å². The molecule has 1 aromatic carbocycles. The van der Waals surface area contributed by atoms with Crippen molar-refractivity contribution in [1.82, 2.24) is 0 Å². The van der Waals surface area contributed by atoms with Crippen molar-refractivity contribution in [2.75, 3.05) is 0 Å². The van der Waals surface area contributed by atoms with Crippen LogP contribution in [0.5, 0.6) is 0 Å². The zero-order valence-corrected chi connectivity index (χ0v) is 13.9. The number of aryl methyl sites for hydroxylation is 1. The molecular formula is C16H24F3NS. The smallest absolute Gasteiger partial charge is 0.328 e. The van der Waals surface area contributed by atoms with Gasteiger partial charge < -0.3 is 5.73 Å². The second-order valence-electron chi connectivity index (χ2n) is 6.53. The molecule has 0 radical (unpaired) electrons. The lowest BCUT2D eigenvalue weighted by atomic mass is 9.85. The van der Waals surface area contributed by atoms with Gasteiger partial charge in [-0.25, -0.2) is 0 Å². The summed E-state index contributed by atoms with van der Waals surface area (Å²) in [5, 5.41) is 0. The van der Waals surface area contributed by atoms with E-state index in [1.54, 1.807) is 12.1 Å². The summed E-state index contributed by atoms with van der Waals surface area (Å²) in [6.07, 6.45) is 2.53. The van der Waals surface area contributed by atoms with Crippen LogP contribution in [0.1, 0.15) is 51.7 Å². The summed E-state index contributed by atoms with van der Waals surface area (Å²) in [5.74, 6) is 0. The first-order valence-corrected chi connectivity index (χ1v) is 7.95. The maximum atomic E-state index is 12.6. The quantitative estimate of drug-likeness (QED) is 0.749. The van der Waals surface area contributed by atoms with Crippen LogP contribution < -0.4 is 5.73 Å². The molecular weight excluding hydrogens is 295 g/mol. The van der Waals surface area contributed by atoms with Gasteiger partial charge in [-0.05, 0) is 66.6 Å². The van der Waals surface area contributed by atoms with Crippen molar-refractivity contribution in [2.24, 2.45) is 5.73 Å². The number of benzene rings is 1. The van der Waals surface area contributed by atoms with E-state index in [1.807, 2.05) is 33.8 Å². The molecule has 0 aliphatic heterocycles. The molecule has 0 bridgehead atoms. The lowest BCUT2D eigenvalue weighted by Crippen LogP contribution is -2.15. The van der Waals surface area contributed by atoms with Gasteiger partial charge >= 0.3 is 5.51 Å². The highest BCUT2D eigenvalue weighted by molar-refractivity contribution is 8.00. The minimum atomic E-state index is -4.25. The summed E-state index contributed by atoms with van der Waals surface area (Å²) in [6.45, 7) is 7.97. The molecule has 1 rings (SSSR count). The van der Waals surface area contributed by atoms with E-state index in [-0.39, 0.29) is 28.1 Å². The topological polar surface area (TPSA) is 26.0 Å². The van der Waals surface area contributed by atoms with Gasteiger partial charge in [0, 0.05) is 10.9 Å². The third-order valence-electron chi connectivity index (χ3n) is 3.19. The van der Waals surface area contributed by atoms with Gasteiger partial charge in [-0.3, -0.25) is 0 Å². The molecule has 5 heteroatoms. The maximum Gasteiger partial charge on any atom is 0.446 e. The Morgan fingerprint density at radius 3 is 2.24 bits per heavy atom. The fourth-order valence-electron chi connectivity index (χ4n) is 2.06. The normalized spacial score (nSPS) is 14.3. The van der Waals surface area contributed by atoms with Gasteiger partial charge in [-0.1, -0.05) is 26.8 Å². The highest BCUT2D eigenvalue weighted by Crippen LogP contribution is 2.39. The average molecular weight is 319 g/mol. The van der Waals surface area contributed by atoms with Crippen LogP contribution in [0, 0.1) is 0 Å². The molecule has 1 nitrogen and oxygen atoms in total. The molecule has 0 fully saturated rings. The van der Waals surface area contributed by atoms with Crippen LogP contribution in [-0.4, -0.2) is 11.6 Å². The van der Waals surface area contributed by atoms with Crippen molar-refractivity contribution in [3.05, 3.63) is 29.3 Å². The first-order valence-electron chi connectivity index (χ1n) is 7.13. The van der Waals surface area contributed by atoms with E-state index < -0.39 is 5.51 Å². The third-order valence-corrected chi connectivity index (χ3v) is 3.89. The second kappa shape index (κ2) is 7.05. The largest absolute Gasteiger partial charge is 0.446 e. The van der Waals surface area contributed by atoms with Gasteiger partial charge in [-0.2, -0.15) is 13.2 Å². The van der Waals surface area contributed by atoms with E-state index in [9.17, 15) is 13.2 Å². The Bertz CT molecular complexity index is 462. The van der Waals surface area contributed by atoms with Crippen molar-refractivity contribution in [2.45, 2.75) is 68.8 Å². The Morgan fingerprint density at radius 1 is 1.14 bits per heavy atom. The summed E-state index contributed by atoms with van der Waals surface area (Å²) < 4.78 is 37.8. The zero-order valence-electron chi connectivity index (χ0n) is 13.1. The van der Waals surface area contributed by atoms with Gasteiger partial charge in [-0.15, -0.1) is 0 Å². The summed E-state index contributed by atoms with van der Waals surface area (Å²) in [6, 6.07) is 5.43. The fraction of sp³-hybridized carbons (Fsp3) is 0.625.